The molecule has 32 heavy (non-hydrogen) atoms. The Morgan fingerprint density at radius 3 is 2.66 bits per heavy atom. The smallest absolute Gasteiger partial charge is 0.290 e. The first-order chi connectivity index (χ1) is 15.5. The Hall–Kier alpha value is -3.12. The third kappa shape index (κ3) is 4.28. The molecular weight excluding hydrogens is 404 g/mol. The summed E-state index contributed by atoms with van der Waals surface area (Å²) >= 11 is 0. The van der Waals surface area contributed by atoms with Crippen molar-refractivity contribution in [1.29, 1.82) is 0 Å². The normalized spacial score (nSPS) is 15.6. The summed E-state index contributed by atoms with van der Waals surface area (Å²) in [6.07, 6.45) is 2.82. The Kier molecular flexibility index (Phi) is 6.61. The molecule has 0 unspecified atom stereocenters. The fraction of sp³-hybridized carbons (Fsp3) is 0.385. The fourth-order valence-corrected chi connectivity index (χ4v) is 4.21. The van der Waals surface area contributed by atoms with Gasteiger partial charge in [0.05, 0.1) is 23.6 Å². The molecule has 1 aromatic heterocycles. The molecule has 0 aliphatic carbocycles. The molecular formula is C26H30N2O4. The molecule has 0 bridgehead atoms. The highest BCUT2D eigenvalue weighted by atomic mass is 16.5. The number of para-hydroxylation sites is 1. The lowest BCUT2D eigenvalue weighted by molar-refractivity contribution is 0.0722. The van der Waals surface area contributed by atoms with E-state index in [1.165, 1.54) is 0 Å². The second-order valence-electron chi connectivity index (χ2n) is 8.50. The van der Waals surface area contributed by atoms with Crippen LogP contribution in [0.3, 0.4) is 0 Å². The van der Waals surface area contributed by atoms with Crippen LogP contribution in [0.25, 0.3) is 11.0 Å². The maximum absolute atomic E-state index is 13.5. The van der Waals surface area contributed by atoms with Crippen LogP contribution in [0.5, 0.6) is 5.75 Å². The quantitative estimate of drug-likeness (QED) is 0.465. The third-order valence-corrected chi connectivity index (χ3v) is 5.82. The second-order valence-corrected chi connectivity index (χ2v) is 8.50. The molecule has 0 spiro atoms. The van der Waals surface area contributed by atoms with Crippen LogP contribution in [0, 0.1) is 0 Å². The zero-order chi connectivity index (χ0) is 22.7. The van der Waals surface area contributed by atoms with Crippen LogP contribution < -0.4 is 10.2 Å². The number of hydrogen-bond donors (Lipinski definition) is 0. The lowest BCUT2D eigenvalue weighted by Crippen LogP contribution is -2.32. The minimum Gasteiger partial charge on any atom is -0.494 e. The Bertz CT molecular complexity index is 1170. The van der Waals surface area contributed by atoms with Crippen molar-refractivity contribution in [1.82, 2.24) is 9.80 Å². The molecule has 0 saturated heterocycles. The molecule has 0 radical (unpaired) electrons. The third-order valence-electron chi connectivity index (χ3n) is 5.82. The van der Waals surface area contributed by atoms with E-state index in [9.17, 15) is 9.59 Å². The van der Waals surface area contributed by atoms with Crippen LogP contribution in [0.1, 0.15) is 53.9 Å². The summed E-state index contributed by atoms with van der Waals surface area (Å²) in [5, 5.41) is 0.495. The van der Waals surface area contributed by atoms with Crippen LogP contribution in [-0.4, -0.2) is 49.5 Å². The highest BCUT2D eigenvalue weighted by Gasteiger charge is 2.42. The van der Waals surface area contributed by atoms with Gasteiger partial charge in [-0.3, -0.25) is 9.59 Å². The Labute approximate surface area is 188 Å². The summed E-state index contributed by atoms with van der Waals surface area (Å²) in [5.74, 6) is 0.667. The average Bonchev–Trinajstić information content (AvgIpc) is 3.06. The maximum atomic E-state index is 13.5. The van der Waals surface area contributed by atoms with Gasteiger partial charge in [0.1, 0.15) is 11.3 Å². The fourth-order valence-electron chi connectivity index (χ4n) is 4.21. The first kappa shape index (κ1) is 22.1. The molecule has 1 aliphatic rings. The van der Waals surface area contributed by atoms with Gasteiger partial charge in [-0.25, -0.2) is 0 Å². The number of carbonyl (C=O) groups excluding carboxylic acids is 1. The van der Waals surface area contributed by atoms with E-state index in [1.54, 1.807) is 23.1 Å². The minimum absolute atomic E-state index is 0.146. The van der Waals surface area contributed by atoms with E-state index in [2.05, 4.69) is 11.8 Å². The number of fused-ring (bicyclic) bond motifs is 2. The van der Waals surface area contributed by atoms with Crippen molar-refractivity contribution in [2.24, 2.45) is 0 Å². The van der Waals surface area contributed by atoms with Gasteiger partial charge in [-0.15, -0.1) is 0 Å². The van der Waals surface area contributed by atoms with E-state index in [1.807, 2.05) is 44.4 Å². The molecule has 2 aromatic carbocycles. The molecule has 2 heterocycles. The van der Waals surface area contributed by atoms with Crippen molar-refractivity contribution in [2.45, 2.75) is 32.2 Å². The second kappa shape index (κ2) is 9.57. The summed E-state index contributed by atoms with van der Waals surface area (Å²) in [7, 11) is 4.01. The number of benzene rings is 2. The zero-order valence-corrected chi connectivity index (χ0v) is 19.0. The molecule has 0 saturated carbocycles. The number of rotatable bonds is 9. The lowest BCUT2D eigenvalue weighted by Gasteiger charge is -2.26. The number of ether oxygens (including phenoxy) is 1. The standard InChI is InChI=1S/C26H30N2O4/c1-4-5-16-31-19-11-8-10-18(17-19)23-22-24(29)20-12-6-7-13-21(20)32-25(22)26(30)28(23)15-9-14-27(2)3/h6-8,10-13,17,23H,4-5,9,14-16H2,1-3H3/t23-/m0/s1. The molecule has 6 heteroatoms. The molecule has 4 rings (SSSR count). The van der Waals surface area contributed by atoms with E-state index in [0.29, 0.717) is 29.7 Å². The average molecular weight is 435 g/mol. The number of amides is 1. The maximum Gasteiger partial charge on any atom is 0.290 e. The molecule has 0 fully saturated rings. The van der Waals surface area contributed by atoms with Gasteiger partial charge in [-0.2, -0.15) is 0 Å². The molecule has 1 aliphatic heterocycles. The minimum atomic E-state index is -0.491. The predicted molar refractivity (Wildman–Crippen MR) is 125 cm³/mol. The van der Waals surface area contributed by atoms with Gasteiger partial charge in [0, 0.05) is 6.54 Å². The van der Waals surface area contributed by atoms with E-state index >= 15 is 0 Å². The van der Waals surface area contributed by atoms with E-state index in [-0.39, 0.29) is 17.1 Å². The summed E-state index contributed by atoms with van der Waals surface area (Å²) in [4.78, 5) is 30.7. The Morgan fingerprint density at radius 2 is 1.88 bits per heavy atom. The molecule has 0 N–H and O–H groups in total. The highest BCUT2D eigenvalue weighted by molar-refractivity contribution is 5.99. The van der Waals surface area contributed by atoms with Crippen molar-refractivity contribution >= 4 is 16.9 Å². The predicted octanol–water partition coefficient (Wildman–Crippen LogP) is 4.47. The van der Waals surface area contributed by atoms with Crippen molar-refractivity contribution in [3.8, 4) is 5.75 Å². The zero-order valence-electron chi connectivity index (χ0n) is 19.0. The van der Waals surface area contributed by atoms with Crippen LogP contribution in [0.4, 0.5) is 0 Å². The largest absolute Gasteiger partial charge is 0.494 e. The molecule has 1 amide bonds. The van der Waals surface area contributed by atoms with Gasteiger partial charge in [0.2, 0.25) is 5.76 Å². The van der Waals surface area contributed by atoms with Gasteiger partial charge in [0.15, 0.2) is 5.43 Å². The first-order valence-electron chi connectivity index (χ1n) is 11.3. The Balaban J connectivity index is 1.79. The van der Waals surface area contributed by atoms with Crippen molar-refractivity contribution in [3.63, 3.8) is 0 Å². The summed E-state index contributed by atoms with van der Waals surface area (Å²) in [6.45, 7) is 4.13. The highest BCUT2D eigenvalue weighted by Crippen LogP contribution is 2.39. The number of hydrogen-bond acceptors (Lipinski definition) is 5. The van der Waals surface area contributed by atoms with Crippen LogP contribution in [-0.2, 0) is 0 Å². The summed E-state index contributed by atoms with van der Waals surface area (Å²) < 4.78 is 11.9. The number of carbonyl (C=O) groups is 1. The first-order valence-corrected chi connectivity index (χ1v) is 11.3. The van der Waals surface area contributed by atoms with Gasteiger partial charge >= 0.3 is 0 Å². The van der Waals surface area contributed by atoms with Crippen LogP contribution in [0.15, 0.2) is 57.7 Å². The van der Waals surface area contributed by atoms with Gasteiger partial charge < -0.3 is 19.0 Å². The van der Waals surface area contributed by atoms with Gasteiger partial charge in [-0.05, 0) is 63.3 Å². The Morgan fingerprint density at radius 1 is 1.06 bits per heavy atom. The lowest BCUT2D eigenvalue weighted by atomic mass is 9.98. The van der Waals surface area contributed by atoms with Crippen molar-refractivity contribution < 1.29 is 13.9 Å². The van der Waals surface area contributed by atoms with Crippen LogP contribution >= 0.6 is 0 Å². The summed E-state index contributed by atoms with van der Waals surface area (Å²) in [6, 6.07) is 14.3. The van der Waals surface area contributed by atoms with E-state index in [4.69, 9.17) is 9.15 Å². The van der Waals surface area contributed by atoms with Crippen molar-refractivity contribution in [2.75, 3.05) is 33.8 Å². The molecule has 1 atom stereocenters. The van der Waals surface area contributed by atoms with E-state index in [0.717, 1.165) is 37.1 Å². The number of unbranched alkanes of at least 4 members (excludes halogenated alkanes) is 1. The van der Waals surface area contributed by atoms with Gasteiger partial charge in [-0.1, -0.05) is 37.6 Å². The van der Waals surface area contributed by atoms with Crippen molar-refractivity contribution in [3.05, 3.63) is 75.6 Å². The molecule has 168 valence electrons. The van der Waals surface area contributed by atoms with Crippen LogP contribution in [0.2, 0.25) is 0 Å². The molecule has 3 aromatic rings. The SMILES string of the molecule is CCCCOc1cccc([C@H]2c3c(oc4ccccc4c3=O)C(=O)N2CCCN(C)C)c1. The molecule has 6 nitrogen and oxygen atoms in total. The summed E-state index contributed by atoms with van der Waals surface area (Å²) in [5.41, 5.74) is 1.57. The monoisotopic (exact) mass is 434 g/mol. The topological polar surface area (TPSA) is 63.0 Å². The van der Waals surface area contributed by atoms with E-state index < -0.39 is 6.04 Å². The van der Waals surface area contributed by atoms with Gasteiger partial charge in [0.25, 0.3) is 5.91 Å². The number of nitrogens with zero attached hydrogens (tertiary/aromatic N) is 2.